The Labute approximate surface area is 159 Å². The van der Waals surface area contributed by atoms with E-state index >= 15 is 0 Å². The minimum absolute atomic E-state index is 0.0615. The summed E-state index contributed by atoms with van der Waals surface area (Å²) in [5.74, 6) is 0.906. The lowest BCUT2D eigenvalue weighted by atomic mass is 9.90. The van der Waals surface area contributed by atoms with Gasteiger partial charge in [-0.05, 0) is 54.7 Å². The van der Waals surface area contributed by atoms with E-state index in [0.29, 0.717) is 6.61 Å². The quantitative estimate of drug-likeness (QED) is 0.754. The smallest absolute Gasteiger partial charge is 0.152 e. The van der Waals surface area contributed by atoms with Crippen LogP contribution in [-0.4, -0.2) is 40.2 Å². The van der Waals surface area contributed by atoms with E-state index in [0.717, 1.165) is 34.4 Å². The third kappa shape index (κ3) is 4.16. The molecule has 0 spiro atoms. The van der Waals surface area contributed by atoms with Crippen molar-refractivity contribution in [3.8, 4) is 5.75 Å². The summed E-state index contributed by atoms with van der Waals surface area (Å²) in [6.07, 6.45) is -3.89. The zero-order valence-corrected chi connectivity index (χ0v) is 15.6. The molecule has 1 unspecified atom stereocenters. The van der Waals surface area contributed by atoms with Crippen molar-refractivity contribution in [3.05, 3.63) is 77.1 Å². The molecule has 1 fully saturated rings. The van der Waals surface area contributed by atoms with Crippen LogP contribution in [0.2, 0.25) is 0 Å². The minimum atomic E-state index is -1.33. The summed E-state index contributed by atoms with van der Waals surface area (Å²) in [7, 11) is 0. The van der Waals surface area contributed by atoms with E-state index in [1.807, 2.05) is 56.3 Å². The highest BCUT2D eigenvalue weighted by Gasteiger charge is 2.41. The lowest BCUT2D eigenvalue weighted by Crippen LogP contribution is -2.47. The van der Waals surface area contributed by atoms with Crippen molar-refractivity contribution in [1.29, 1.82) is 0 Å². The molecule has 1 heterocycles. The molecule has 0 radical (unpaired) electrons. The summed E-state index contributed by atoms with van der Waals surface area (Å²) in [6.45, 7) is 8.25. The average molecular weight is 370 g/mol. The van der Waals surface area contributed by atoms with Gasteiger partial charge in [0.25, 0.3) is 0 Å². The maximum atomic E-state index is 10.3. The molecule has 2 aromatic carbocycles. The van der Waals surface area contributed by atoms with Crippen LogP contribution >= 0.6 is 0 Å². The van der Waals surface area contributed by atoms with Gasteiger partial charge in [-0.25, -0.2) is 0 Å². The molecule has 5 nitrogen and oxygen atoms in total. The summed E-state index contributed by atoms with van der Waals surface area (Å²) in [5.41, 5.74) is 4.10. The fourth-order valence-corrected chi connectivity index (χ4v) is 3.27. The second kappa shape index (κ2) is 8.13. The first-order chi connectivity index (χ1) is 12.9. The topological polar surface area (TPSA) is 79.2 Å². The Morgan fingerprint density at radius 2 is 1.74 bits per heavy atom. The van der Waals surface area contributed by atoms with Crippen LogP contribution in [0.15, 0.2) is 54.8 Å². The van der Waals surface area contributed by atoms with Gasteiger partial charge in [-0.1, -0.05) is 36.9 Å². The minimum Gasteiger partial charge on any atom is -0.494 e. The van der Waals surface area contributed by atoms with Crippen LogP contribution < -0.4 is 4.74 Å². The average Bonchev–Trinajstić information content (AvgIpc) is 2.66. The lowest BCUT2D eigenvalue weighted by Gasteiger charge is -2.37. The van der Waals surface area contributed by atoms with Crippen LogP contribution in [0, 0.1) is 6.92 Å². The molecule has 0 bridgehead atoms. The molecule has 27 heavy (non-hydrogen) atoms. The van der Waals surface area contributed by atoms with Crippen LogP contribution in [-0.2, 0) is 11.2 Å². The third-order valence-corrected chi connectivity index (χ3v) is 4.92. The van der Waals surface area contributed by atoms with E-state index in [2.05, 4.69) is 6.58 Å². The van der Waals surface area contributed by atoms with Gasteiger partial charge in [-0.3, -0.25) is 0 Å². The predicted octanol–water partition coefficient (Wildman–Crippen LogP) is 2.65. The Balaban J connectivity index is 1.83. The highest BCUT2D eigenvalue weighted by atomic mass is 16.5. The van der Waals surface area contributed by atoms with Crippen LogP contribution in [0.1, 0.15) is 35.3 Å². The molecule has 4 atom stereocenters. The van der Waals surface area contributed by atoms with Crippen LogP contribution in [0.25, 0.3) is 0 Å². The Hall–Kier alpha value is -2.34. The molecule has 1 saturated heterocycles. The molecule has 1 aliphatic heterocycles. The second-order valence-corrected chi connectivity index (χ2v) is 6.87. The number of benzene rings is 2. The fourth-order valence-electron chi connectivity index (χ4n) is 3.27. The molecule has 0 aromatic heterocycles. The first kappa shape index (κ1) is 19.4. The zero-order valence-electron chi connectivity index (χ0n) is 15.6. The summed E-state index contributed by atoms with van der Waals surface area (Å²) in [4.78, 5) is 0. The Kier molecular flexibility index (Phi) is 5.85. The van der Waals surface area contributed by atoms with Gasteiger partial charge in [0.15, 0.2) is 6.10 Å². The van der Waals surface area contributed by atoms with Crippen molar-refractivity contribution >= 4 is 0 Å². The van der Waals surface area contributed by atoms with Gasteiger partial charge in [0.1, 0.15) is 29.8 Å². The number of aliphatic hydroxyl groups excluding tert-OH is 3. The molecule has 3 rings (SSSR count). The molecular formula is C22H26O5. The predicted molar refractivity (Wildman–Crippen MR) is 103 cm³/mol. The maximum Gasteiger partial charge on any atom is 0.152 e. The first-order valence-corrected chi connectivity index (χ1v) is 9.11. The van der Waals surface area contributed by atoms with Gasteiger partial charge in [-0.2, -0.15) is 0 Å². The molecule has 0 saturated carbocycles. The third-order valence-electron chi connectivity index (χ3n) is 4.92. The number of hydrogen-bond donors (Lipinski definition) is 3. The molecule has 3 N–H and O–H groups in total. The van der Waals surface area contributed by atoms with E-state index in [9.17, 15) is 15.3 Å². The molecular weight excluding hydrogens is 344 g/mol. The molecule has 2 aromatic rings. The Morgan fingerprint density at radius 3 is 2.41 bits per heavy atom. The summed E-state index contributed by atoms with van der Waals surface area (Å²) >= 11 is 0. The molecule has 5 heteroatoms. The summed E-state index contributed by atoms with van der Waals surface area (Å²) in [6, 6.07) is 13.8. The summed E-state index contributed by atoms with van der Waals surface area (Å²) in [5, 5.41) is 30.1. The zero-order chi connectivity index (χ0) is 19.6. The number of ether oxygens (including phenoxy) is 2. The standard InChI is InChI=1S/C22H26O5/c1-4-26-18-9-6-15(7-10-18)11-17-12-16(8-5-13(17)2)22-21(25)20(24)19(23)14(3)27-22/h5-10,12,19-25H,3-4,11H2,1-2H3/t19?,20-,21+,22-/m0/s1. The van der Waals surface area contributed by atoms with Crippen molar-refractivity contribution in [3.63, 3.8) is 0 Å². The Bertz CT molecular complexity index is 799. The van der Waals surface area contributed by atoms with E-state index in [-0.39, 0.29) is 5.76 Å². The van der Waals surface area contributed by atoms with Crippen molar-refractivity contribution in [1.82, 2.24) is 0 Å². The van der Waals surface area contributed by atoms with E-state index < -0.39 is 24.4 Å². The van der Waals surface area contributed by atoms with Crippen LogP contribution in [0.5, 0.6) is 5.75 Å². The fraction of sp³-hybridized carbons (Fsp3) is 0.364. The maximum absolute atomic E-state index is 10.3. The molecule has 144 valence electrons. The first-order valence-electron chi connectivity index (χ1n) is 9.11. The molecule has 0 amide bonds. The van der Waals surface area contributed by atoms with E-state index in [1.165, 1.54) is 0 Å². The lowest BCUT2D eigenvalue weighted by molar-refractivity contribution is -0.157. The SMILES string of the molecule is C=C1O[C@@H](c2ccc(C)c(Cc3ccc(OCC)cc3)c2)[C@H](O)[C@@H](O)C1O. The van der Waals surface area contributed by atoms with Crippen molar-refractivity contribution in [2.24, 2.45) is 0 Å². The van der Waals surface area contributed by atoms with Crippen molar-refractivity contribution in [2.75, 3.05) is 6.61 Å². The number of rotatable bonds is 5. The van der Waals surface area contributed by atoms with Crippen LogP contribution in [0.4, 0.5) is 0 Å². The van der Waals surface area contributed by atoms with Gasteiger partial charge < -0.3 is 24.8 Å². The van der Waals surface area contributed by atoms with E-state index in [1.54, 1.807) is 0 Å². The van der Waals surface area contributed by atoms with Crippen molar-refractivity contribution in [2.45, 2.75) is 44.7 Å². The monoisotopic (exact) mass is 370 g/mol. The number of aliphatic hydroxyl groups is 3. The van der Waals surface area contributed by atoms with Gasteiger partial charge in [0, 0.05) is 0 Å². The van der Waals surface area contributed by atoms with Crippen molar-refractivity contribution < 1.29 is 24.8 Å². The molecule has 0 aliphatic carbocycles. The van der Waals surface area contributed by atoms with Gasteiger partial charge in [0.2, 0.25) is 0 Å². The molecule has 1 aliphatic rings. The van der Waals surface area contributed by atoms with Crippen LogP contribution in [0.3, 0.4) is 0 Å². The highest BCUT2D eigenvalue weighted by Crippen LogP contribution is 2.34. The second-order valence-electron chi connectivity index (χ2n) is 6.87. The largest absolute Gasteiger partial charge is 0.494 e. The van der Waals surface area contributed by atoms with E-state index in [4.69, 9.17) is 9.47 Å². The van der Waals surface area contributed by atoms with Gasteiger partial charge >= 0.3 is 0 Å². The highest BCUT2D eigenvalue weighted by molar-refractivity contribution is 5.38. The Morgan fingerprint density at radius 1 is 1.04 bits per heavy atom. The summed E-state index contributed by atoms with van der Waals surface area (Å²) < 4.78 is 11.1. The normalized spacial score (nSPS) is 25.1. The van der Waals surface area contributed by atoms with Gasteiger partial charge in [0.05, 0.1) is 6.61 Å². The number of aryl methyl sites for hydroxylation is 1. The van der Waals surface area contributed by atoms with Gasteiger partial charge in [-0.15, -0.1) is 0 Å². The number of hydrogen-bond acceptors (Lipinski definition) is 5.